The molecule has 0 spiro atoms. The lowest BCUT2D eigenvalue weighted by Gasteiger charge is -2.06. The predicted octanol–water partition coefficient (Wildman–Crippen LogP) is -1.27. The summed E-state index contributed by atoms with van der Waals surface area (Å²) in [7, 11) is -3.92. The van der Waals surface area contributed by atoms with E-state index in [1.54, 1.807) is 0 Å². The maximum absolute atomic E-state index is 10.8. The standard InChI is InChI=1S/C6H14N2O4S/c1-5(7)6(9)8-3-2-4-13(10,11)12/h5H,2-4,7H2,1H3,(H,8,9)(H,10,11,12)/t5-/m0/s1/i6+1. The van der Waals surface area contributed by atoms with Crippen LogP contribution in [-0.2, 0) is 14.9 Å². The van der Waals surface area contributed by atoms with Crippen LogP contribution in [0.3, 0.4) is 0 Å². The van der Waals surface area contributed by atoms with Gasteiger partial charge < -0.3 is 11.1 Å². The van der Waals surface area contributed by atoms with Crippen molar-refractivity contribution in [1.29, 1.82) is 0 Å². The van der Waals surface area contributed by atoms with Crippen molar-refractivity contribution in [3.05, 3.63) is 0 Å². The first-order chi connectivity index (χ1) is 5.83. The molecule has 0 bridgehead atoms. The van der Waals surface area contributed by atoms with Crippen molar-refractivity contribution in [2.45, 2.75) is 19.4 Å². The van der Waals surface area contributed by atoms with Crippen LogP contribution in [0.15, 0.2) is 0 Å². The van der Waals surface area contributed by atoms with Gasteiger partial charge in [0.25, 0.3) is 10.1 Å². The average molecular weight is 211 g/mol. The van der Waals surface area contributed by atoms with Crippen LogP contribution in [0.2, 0.25) is 0 Å². The third kappa shape index (κ3) is 7.69. The van der Waals surface area contributed by atoms with Crippen molar-refractivity contribution in [1.82, 2.24) is 5.32 Å². The van der Waals surface area contributed by atoms with Gasteiger partial charge in [-0.25, -0.2) is 0 Å². The van der Waals surface area contributed by atoms with Gasteiger partial charge in [0.2, 0.25) is 5.91 Å². The Labute approximate surface area is 77.2 Å². The Hall–Kier alpha value is -0.660. The van der Waals surface area contributed by atoms with E-state index in [9.17, 15) is 13.2 Å². The number of nitrogens with two attached hydrogens (primary N) is 1. The number of amides is 1. The zero-order valence-corrected chi connectivity index (χ0v) is 8.17. The smallest absolute Gasteiger partial charge is 0.264 e. The minimum absolute atomic E-state index is 0.178. The molecule has 0 radical (unpaired) electrons. The zero-order valence-electron chi connectivity index (χ0n) is 7.36. The monoisotopic (exact) mass is 211 g/mol. The molecule has 0 heterocycles. The summed E-state index contributed by atoms with van der Waals surface area (Å²) in [6, 6.07) is -0.606. The van der Waals surface area contributed by atoms with E-state index in [4.69, 9.17) is 10.3 Å². The Morgan fingerprint density at radius 2 is 2.15 bits per heavy atom. The highest BCUT2D eigenvalue weighted by atomic mass is 32.2. The summed E-state index contributed by atoms with van der Waals surface area (Å²) < 4.78 is 28.8. The minimum Gasteiger partial charge on any atom is -0.355 e. The fraction of sp³-hybridized carbons (Fsp3) is 0.833. The van der Waals surface area contributed by atoms with Crippen LogP contribution in [0.4, 0.5) is 0 Å². The van der Waals surface area contributed by atoms with Crippen molar-refractivity contribution >= 4 is 16.0 Å². The highest BCUT2D eigenvalue weighted by molar-refractivity contribution is 7.85. The van der Waals surface area contributed by atoms with E-state index in [-0.39, 0.29) is 24.6 Å². The number of carbonyl (C=O) groups is 1. The van der Waals surface area contributed by atoms with Gasteiger partial charge in [0, 0.05) is 6.54 Å². The maximum atomic E-state index is 10.8. The quantitative estimate of drug-likeness (QED) is 0.298. The third-order valence-electron chi connectivity index (χ3n) is 1.29. The van der Waals surface area contributed by atoms with Gasteiger partial charge in [-0.1, -0.05) is 0 Å². The average Bonchev–Trinajstić information content (AvgIpc) is 1.95. The highest BCUT2D eigenvalue weighted by Gasteiger charge is 2.07. The van der Waals surface area contributed by atoms with E-state index in [1.165, 1.54) is 6.92 Å². The van der Waals surface area contributed by atoms with E-state index in [0.29, 0.717) is 0 Å². The summed E-state index contributed by atoms with van der Waals surface area (Å²) in [5, 5.41) is 2.42. The van der Waals surface area contributed by atoms with Crippen LogP contribution in [0, 0.1) is 0 Å². The molecule has 0 saturated heterocycles. The molecule has 0 aliphatic rings. The molecule has 0 aromatic heterocycles. The number of carbonyl (C=O) groups excluding carboxylic acids is 1. The van der Waals surface area contributed by atoms with Crippen LogP contribution in [0.5, 0.6) is 0 Å². The SMILES string of the molecule is C[C@H](N)[13C](=O)NCCCS(=O)(=O)O. The lowest BCUT2D eigenvalue weighted by atomic mass is 10.5. The summed E-state index contributed by atoms with van der Waals surface area (Å²) in [5.41, 5.74) is 5.22. The number of rotatable bonds is 5. The van der Waals surface area contributed by atoms with Crippen LogP contribution in [0.1, 0.15) is 13.3 Å². The van der Waals surface area contributed by atoms with Gasteiger partial charge in [-0.15, -0.1) is 0 Å². The molecule has 1 atom stereocenters. The summed E-state index contributed by atoms with van der Waals surface area (Å²) in [5.74, 6) is -0.693. The Morgan fingerprint density at radius 3 is 2.54 bits per heavy atom. The summed E-state index contributed by atoms with van der Waals surface area (Å²) in [4.78, 5) is 10.8. The Bertz CT molecular complexity index is 260. The molecule has 1 amide bonds. The van der Waals surface area contributed by atoms with Crippen molar-refractivity contribution < 1.29 is 17.8 Å². The van der Waals surface area contributed by atoms with Crippen LogP contribution >= 0.6 is 0 Å². The van der Waals surface area contributed by atoms with E-state index < -0.39 is 16.2 Å². The second-order valence-electron chi connectivity index (χ2n) is 2.72. The molecule has 4 N–H and O–H groups in total. The molecule has 0 fully saturated rings. The summed E-state index contributed by atoms with van der Waals surface area (Å²) in [6.45, 7) is 1.72. The van der Waals surface area contributed by atoms with Crippen LogP contribution in [0.25, 0.3) is 0 Å². The first-order valence-electron chi connectivity index (χ1n) is 3.81. The topological polar surface area (TPSA) is 109 Å². The van der Waals surface area contributed by atoms with Gasteiger partial charge in [0.05, 0.1) is 11.8 Å². The van der Waals surface area contributed by atoms with Crippen molar-refractivity contribution in [3.63, 3.8) is 0 Å². The van der Waals surface area contributed by atoms with E-state index in [1.807, 2.05) is 0 Å². The lowest BCUT2D eigenvalue weighted by Crippen LogP contribution is -2.39. The zero-order chi connectivity index (χ0) is 10.5. The predicted molar refractivity (Wildman–Crippen MR) is 47.7 cm³/mol. The van der Waals surface area contributed by atoms with E-state index >= 15 is 0 Å². The van der Waals surface area contributed by atoms with Crippen molar-refractivity contribution in [2.75, 3.05) is 12.3 Å². The molecule has 6 nitrogen and oxygen atoms in total. The second-order valence-corrected chi connectivity index (χ2v) is 4.29. The Kier molecular flexibility index (Phi) is 4.89. The minimum atomic E-state index is -3.92. The summed E-state index contributed by atoms with van der Waals surface area (Å²) in [6.07, 6.45) is 0.178. The molecular weight excluding hydrogens is 197 g/mol. The van der Waals surface area contributed by atoms with Gasteiger partial charge in [-0.05, 0) is 13.3 Å². The molecule has 0 rings (SSSR count). The van der Waals surface area contributed by atoms with Crippen LogP contribution in [-0.4, -0.2) is 37.2 Å². The molecule has 0 unspecified atom stereocenters. The Balaban J connectivity index is 3.53. The van der Waals surface area contributed by atoms with Gasteiger partial charge in [0.1, 0.15) is 0 Å². The molecule has 0 aliphatic heterocycles. The molecule has 0 aromatic carbocycles. The fourth-order valence-electron chi connectivity index (χ4n) is 0.627. The van der Waals surface area contributed by atoms with Crippen molar-refractivity contribution in [3.8, 4) is 0 Å². The number of hydrogen-bond acceptors (Lipinski definition) is 4. The second kappa shape index (κ2) is 5.15. The summed E-state index contributed by atoms with van der Waals surface area (Å²) >= 11 is 0. The molecule has 0 aliphatic carbocycles. The van der Waals surface area contributed by atoms with E-state index in [2.05, 4.69) is 5.32 Å². The molecule has 7 heteroatoms. The normalized spacial score (nSPS) is 13.8. The van der Waals surface area contributed by atoms with E-state index in [0.717, 1.165) is 0 Å². The third-order valence-corrected chi connectivity index (χ3v) is 2.10. The number of hydrogen-bond donors (Lipinski definition) is 3. The molecule has 0 saturated carbocycles. The molecule has 0 aromatic rings. The van der Waals surface area contributed by atoms with Gasteiger partial charge in [-0.2, -0.15) is 8.42 Å². The van der Waals surface area contributed by atoms with Crippen LogP contribution < -0.4 is 11.1 Å². The first kappa shape index (κ1) is 12.3. The fourth-order valence-corrected chi connectivity index (χ4v) is 1.14. The molecular formula is C6H14N2O4S. The largest absolute Gasteiger partial charge is 0.355 e. The maximum Gasteiger partial charge on any atom is 0.264 e. The molecule has 78 valence electrons. The highest BCUT2D eigenvalue weighted by Crippen LogP contribution is 1.86. The van der Waals surface area contributed by atoms with Gasteiger partial charge in [-0.3, -0.25) is 9.35 Å². The molecule has 13 heavy (non-hydrogen) atoms. The lowest BCUT2D eigenvalue weighted by molar-refractivity contribution is -0.121. The van der Waals surface area contributed by atoms with Gasteiger partial charge in [0.15, 0.2) is 0 Å². The number of nitrogens with one attached hydrogen (secondary N) is 1. The first-order valence-corrected chi connectivity index (χ1v) is 5.42. The van der Waals surface area contributed by atoms with Gasteiger partial charge >= 0.3 is 0 Å². The Morgan fingerprint density at radius 1 is 1.62 bits per heavy atom. The van der Waals surface area contributed by atoms with Crippen molar-refractivity contribution in [2.24, 2.45) is 5.73 Å².